The van der Waals surface area contributed by atoms with Crippen molar-refractivity contribution in [1.82, 2.24) is 14.7 Å². The average molecular weight is 326 g/mol. The molecule has 126 valence electrons. The third kappa shape index (κ3) is 3.64. The second-order valence-corrected chi connectivity index (χ2v) is 6.06. The first-order valence-corrected chi connectivity index (χ1v) is 8.35. The number of carbonyl (C=O) groups is 2. The van der Waals surface area contributed by atoms with Crippen molar-refractivity contribution in [2.24, 2.45) is 0 Å². The van der Waals surface area contributed by atoms with Crippen LogP contribution in [0.4, 0.5) is 5.69 Å². The van der Waals surface area contributed by atoms with Gasteiger partial charge in [0, 0.05) is 31.0 Å². The van der Waals surface area contributed by atoms with Crippen LogP contribution in [0.3, 0.4) is 0 Å². The quantitative estimate of drug-likeness (QED) is 0.939. The Morgan fingerprint density at radius 2 is 2.00 bits per heavy atom. The number of carbonyl (C=O) groups excluding carboxylic acids is 2. The molecule has 1 N–H and O–H groups in total. The first kappa shape index (κ1) is 16.2. The Balaban J connectivity index is 1.64. The summed E-state index contributed by atoms with van der Waals surface area (Å²) >= 11 is 0. The maximum absolute atomic E-state index is 12.5. The zero-order chi connectivity index (χ0) is 16.9. The SMILES string of the molecule is CC(C(=O)Nc1ccc(-n2cccn2)cc1)N1CCCCCC1=O. The van der Waals surface area contributed by atoms with Gasteiger partial charge in [-0.1, -0.05) is 6.42 Å². The van der Waals surface area contributed by atoms with Crippen molar-refractivity contribution in [2.45, 2.75) is 38.6 Å². The molecule has 0 bridgehead atoms. The molecule has 0 spiro atoms. The van der Waals surface area contributed by atoms with Crippen molar-refractivity contribution in [2.75, 3.05) is 11.9 Å². The molecular weight excluding hydrogens is 304 g/mol. The van der Waals surface area contributed by atoms with Crippen LogP contribution in [0, 0.1) is 0 Å². The highest BCUT2D eigenvalue weighted by atomic mass is 16.2. The third-order valence-corrected chi connectivity index (χ3v) is 4.36. The summed E-state index contributed by atoms with van der Waals surface area (Å²) in [6.07, 6.45) is 7.04. The van der Waals surface area contributed by atoms with Gasteiger partial charge in [-0.05, 0) is 50.1 Å². The molecule has 1 unspecified atom stereocenters. The second kappa shape index (κ2) is 7.29. The number of rotatable bonds is 4. The molecule has 0 aliphatic carbocycles. The van der Waals surface area contributed by atoms with Gasteiger partial charge in [0.25, 0.3) is 0 Å². The molecule has 1 saturated heterocycles. The fourth-order valence-electron chi connectivity index (χ4n) is 2.92. The van der Waals surface area contributed by atoms with Gasteiger partial charge < -0.3 is 10.2 Å². The Hall–Kier alpha value is -2.63. The minimum absolute atomic E-state index is 0.0733. The molecule has 0 saturated carbocycles. The zero-order valence-corrected chi connectivity index (χ0v) is 13.8. The second-order valence-electron chi connectivity index (χ2n) is 6.06. The summed E-state index contributed by atoms with van der Waals surface area (Å²) in [6, 6.07) is 8.86. The smallest absolute Gasteiger partial charge is 0.246 e. The average Bonchev–Trinajstić information content (AvgIpc) is 3.04. The summed E-state index contributed by atoms with van der Waals surface area (Å²) in [4.78, 5) is 26.3. The molecular formula is C18H22N4O2. The lowest BCUT2D eigenvalue weighted by atomic mass is 10.2. The molecule has 3 rings (SSSR count). The highest BCUT2D eigenvalue weighted by Gasteiger charge is 2.26. The molecule has 1 aliphatic heterocycles. The fraction of sp³-hybridized carbons (Fsp3) is 0.389. The van der Waals surface area contributed by atoms with Gasteiger partial charge in [0.05, 0.1) is 5.69 Å². The number of nitrogens with zero attached hydrogens (tertiary/aromatic N) is 3. The van der Waals surface area contributed by atoms with Crippen molar-refractivity contribution in [1.29, 1.82) is 0 Å². The van der Waals surface area contributed by atoms with E-state index >= 15 is 0 Å². The van der Waals surface area contributed by atoms with E-state index in [0.717, 1.165) is 24.9 Å². The monoisotopic (exact) mass is 326 g/mol. The third-order valence-electron chi connectivity index (χ3n) is 4.36. The van der Waals surface area contributed by atoms with Gasteiger partial charge in [-0.15, -0.1) is 0 Å². The standard InChI is InChI=1S/C18H22N4O2/c1-14(21-12-4-2-3-6-17(21)23)18(24)20-15-7-9-16(10-8-15)22-13-5-11-19-22/h5,7-11,13-14H,2-4,6,12H2,1H3,(H,20,24). The summed E-state index contributed by atoms with van der Waals surface area (Å²) in [5.74, 6) is -0.0822. The van der Waals surface area contributed by atoms with E-state index in [1.54, 1.807) is 22.7 Å². The van der Waals surface area contributed by atoms with Crippen LogP contribution in [0.5, 0.6) is 0 Å². The lowest BCUT2D eigenvalue weighted by molar-refractivity contribution is -0.137. The van der Waals surface area contributed by atoms with Crippen molar-refractivity contribution in [3.05, 3.63) is 42.7 Å². The summed E-state index contributed by atoms with van der Waals surface area (Å²) < 4.78 is 1.75. The molecule has 24 heavy (non-hydrogen) atoms. The van der Waals surface area contributed by atoms with Crippen LogP contribution in [0.2, 0.25) is 0 Å². The summed E-state index contributed by atoms with van der Waals surface area (Å²) in [6.45, 7) is 2.45. The molecule has 0 radical (unpaired) electrons. The van der Waals surface area contributed by atoms with Crippen molar-refractivity contribution in [3.8, 4) is 5.69 Å². The highest BCUT2D eigenvalue weighted by Crippen LogP contribution is 2.17. The molecule has 1 aromatic carbocycles. The Morgan fingerprint density at radius 1 is 1.21 bits per heavy atom. The number of anilines is 1. The van der Waals surface area contributed by atoms with Gasteiger partial charge in [0.15, 0.2) is 0 Å². The molecule has 2 aromatic rings. The lowest BCUT2D eigenvalue weighted by Gasteiger charge is -2.27. The predicted octanol–water partition coefficient (Wildman–Crippen LogP) is 2.60. The van der Waals surface area contributed by atoms with Crippen LogP contribution in [-0.2, 0) is 9.59 Å². The molecule has 2 heterocycles. The van der Waals surface area contributed by atoms with Crippen LogP contribution < -0.4 is 5.32 Å². The number of benzene rings is 1. The molecule has 1 fully saturated rings. The normalized spacial score (nSPS) is 16.5. The van der Waals surface area contributed by atoms with E-state index in [4.69, 9.17) is 0 Å². The summed E-state index contributed by atoms with van der Waals surface area (Å²) in [5, 5.41) is 7.06. The molecule has 1 atom stereocenters. The number of nitrogens with one attached hydrogen (secondary N) is 1. The predicted molar refractivity (Wildman–Crippen MR) is 91.8 cm³/mol. The number of hydrogen-bond acceptors (Lipinski definition) is 3. The van der Waals surface area contributed by atoms with Gasteiger partial charge in [-0.2, -0.15) is 5.10 Å². The largest absolute Gasteiger partial charge is 0.331 e. The van der Waals surface area contributed by atoms with Crippen LogP contribution in [0.25, 0.3) is 5.69 Å². The Morgan fingerprint density at radius 3 is 2.71 bits per heavy atom. The van der Waals surface area contributed by atoms with Gasteiger partial charge in [0.1, 0.15) is 6.04 Å². The molecule has 1 aromatic heterocycles. The van der Waals surface area contributed by atoms with E-state index in [2.05, 4.69) is 10.4 Å². The number of likely N-dealkylation sites (tertiary alicyclic amines) is 1. The Bertz CT molecular complexity index is 694. The van der Waals surface area contributed by atoms with E-state index in [0.29, 0.717) is 18.7 Å². The van der Waals surface area contributed by atoms with Crippen LogP contribution in [0.1, 0.15) is 32.6 Å². The van der Waals surface area contributed by atoms with E-state index in [1.807, 2.05) is 36.5 Å². The highest BCUT2D eigenvalue weighted by molar-refractivity contribution is 5.97. The van der Waals surface area contributed by atoms with Gasteiger partial charge >= 0.3 is 0 Å². The maximum atomic E-state index is 12.5. The van der Waals surface area contributed by atoms with Crippen molar-refractivity contribution >= 4 is 17.5 Å². The Kier molecular flexibility index (Phi) is 4.93. The van der Waals surface area contributed by atoms with Gasteiger partial charge in [-0.3, -0.25) is 9.59 Å². The minimum atomic E-state index is -0.457. The first-order valence-electron chi connectivity index (χ1n) is 8.35. The summed E-state index contributed by atoms with van der Waals surface area (Å²) in [5.41, 5.74) is 1.64. The number of amides is 2. The first-order chi connectivity index (χ1) is 11.6. The van der Waals surface area contributed by atoms with Crippen LogP contribution >= 0.6 is 0 Å². The fourth-order valence-corrected chi connectivity index (χ4v) is 2.92. The summed E-state index contributed by atoms with van der Waals surface area (Å²) in [7, 11) is 0. The van der Waals surface area contributed by atoms with E-state index in [9.17, 15) is 9.59 Å². The molecule has 6 heteroatoms. The van der Waals surface area contributed by atoms with E-state index in [-0.39, 0.29) is 11.8 Å². The van der Waals surface area contributed by atoms with E-state index in [1.165, 1.54) is 0 Å². The van der Waals surface area contributed by atoms with Gasteiger partial charge in [-0.25, -0.2) is 4.68 Å². The van der Waals surface area contributed by atoms with Crippen LogP contribution in [0.15, 0.2) is 42.7 Å². The van der Waals surface area contributed by atoms with Crippen LogP contribution in [-0.4, -0.2) is 39.1 Å². The van der Waals surface area contributed by atoms with Crippen molar-refractivity contribution < 1.29 is 9.59 Å². The zero-order valence-electron chi connectivity index (χ0n) is 13.8. The topological polar surface area (TPSA) is 67.2 Å². The molecule has 2 amide bonds. The lowest BCUT2D eigenvalue weighted by Crippen LogP contribution is -2.45. The minimum Gasteiger partial charge on any atom is -0.331 e. The van der Waals surface area contributed by atoms with E-state index < -0.39 is 6.04 Å². The molecule has 1 aliphatic rings. The number of hydrogen-bond donors (Lipinski definition) is 1. The van der Waals surface area contributed by atoms with Crippen molar-refractivity contribution in [3.63, 3.8) is 0 Å². The Labute approximate surface area is 141 Å². The number of aromatic nitrogens is 2. The maximum Gasteiger partial charge on any atom is 0.246 e. The van der Waals surface area contributed by atoms with Gasteiger partial charge in [0.2, 0.25) is 11.8 Å². The molecule has 6 nitrogen and oxygen atoms in total.